The lowest BCUT2D eigenvalue weighted by Crippen LogP contribution is -2.52. The van der Waals surface area contributed by atoms with Crippen LogP contribution in [0.1, 0.15) is 39.3 Å². The van der Waals surface area contributed by atoms with E-state index in [9.17, 15) is 0 Å². The summed E-state index contributed by atoms with van der Waals surface area (Å²) < 4.78 is 0. The summed E-state index contributed by atoms with van der Waals surface area (Å²) >= 11 is 0. The molecule has 3 aliphatic rings. The van der Waals surface area contributed by atoms with E-state index in [2.05, 4.69) is 47.9 Å². The third-order valence-electron chi connectivity index (χ3n) is 4.99. The highest BCUT2D eigenvalue weighted by Crippen LogP contribution is 2.46. The second-order valence-corrected chi connectivity index (χ2v) is 6.88. The first-order chi connectivity index (χ1) is 10.6. The molecule has 4 nitrogen and oxygen atoms in total. The van der Waals surface area contributed by atoms with Gasteiger partial charge in [-0.2, -0.15) is 0 Å². The van der Waals surface area contributed by atoms with Crippen molar-refractivity contribution in [2.24, 2.45) is 10.9 Å². The number of hydrogen-bond acceptors (Lipinski definition) is 4. The third kappa shape index (κ3) is 2.10. The lowest BCUT2D eigenvalue weighted by Gasteiger charge is -2.44. The highest BCUT2D eigenvalue weighted by atomic mass is 15.7. The molecule has 1 fully saturated rings. The number of rotatable bonds is 3. The molecule has 0 unspecified atom stereocenters. The van der Waals surface area contributed by atoms with Gasteiger partial charge in [0.15, 0.2) is 0 Å². The second-order valence-electron chi connectivity index (χ2n) is 6.88. The first-order valence-electron chi connectivity index (χ1n) is 8.03. The summed E-state index contributed by atoms with van der Waals surface area (Å²) in [5.41, 5.74) is 3.29. The third-order valence-corrected chi connectivity index (χ3v) is 4.99. The molecule has 1 aromatic heterocycles. The van der Waals surface area contributed by atoms with Crippen LogP contribution in [0.5, 0.6) is 0 Å². The summed E-state index contributed by atoms with van der Waals surface area (Å²) in [5, 5.41) is 4.75. The minimum Gasteiger partial charge on any atom is -0.261 e. The van der Waals surface area contributed by atoms with Crippen LogP contribution in [0.3, 0.4) is 0 Å². The van der Waals surface area contributed by atoms with E-state index in [1.165, 1.54) is 18.5 Å². The number of aliphatic imine (C=N–C) groups is 1. The Labute approximate surface area is 131 Å². The van der Waals surface area contributed by atoms with Crippen molar-refractivity contribution >= 4 is 5.71 Å². The van der Waals surface area contributed by atoms with Gasteiger partial charge in [-0.15, -0.1) is 0 Å². The van der Waals surface area contributed by atoms with Crippen molar-refractivity contribution in [2.45, 2.75) is 39.2 Å². The predicted octanol–water partition coefficient (Wildman–Crippen LogP) is 3.35. The lowest BCUT2D eigenvalue weighted by molar-refractivity contribution is -0.0353. The van der Waals surface area contributed by atoms with Crippen molar-refractivity contribution in [3.63, 3.8) is 0 Å². The molecule has 0 N–H and O–H groups in total. The number of hydrogen-bond donors (Lipinski definition) is 0. The summed E-state index contributed by atoms with van der Waals surface area (Å²) in [6.07, 6.45) is 8.87. The van der Waals surface area contributed by atoms with Crippen molar-refractivity contribution < 1.29 is 0 Å². The van der Waals surface area contributed by atoms with E-state index in [-0.39, 0.29) is 5.54 Å². The van der Waals surface area contributed by atoms with E-state index >= 15 is 0 Å². The van der Waals surface area contributed by atoms with Crippen LogP contribution in [-0.4, -0.2) is 32.8 Å². The summed E-state index contributed by atoms with van der Waals surface area (Å²) in [6.45, 7) is 7.80. The molecule has 1 aliphatic carbocycles. The molecule has 0 spiro atoms. The Morgan fingerprint density at radius 2 is 2.05 bits per heavy atom. The molecular formula is C18H22N4. The van der Waals surface area contributed by atoms with E-state index < -0.39 is 0 Å². The van der Waals surface area contributed by atoms with Gasteiger partial charge in [0.1, 0.15) is 5.82 Å². The van der Waals surface area contributed by atoms with Crippen molar-refractivity contribution in [1.82, 2.24) is 15.0 Å². The van der Waals surface area contributed by atoms with Crippen LogP contribution in [0, 0.1) is 5.92 Å². The molecule has 2 aliphatic heterocycles. The van der Waals surface area contributed by atoms with Gasteiger partial charge in [-0.05, 0) is 63.8 Å². The van der Waals surface area contributed by atoms with Crippen LogP contribution < -0.4 is 0 Å². The zero-order valence-electron chi connectivity index (χ0n) is 13.5. The number of aromatic nitrogens is 1. The van der Waals surface area contributed by atoms with E-state index in [0.717, 1.165) is 29.7 Å². The van der Waals surface area contributed by atoms with Crippen molar-refractivity contribution in [3.05, 3.63) is 53.8 Å². The Kier molecular flexibility index (Phi) is 2.98. The summed E-state index contributed by atoms with van der Waals surface area (Å²) in [5.74, 6) is 1.84. The molecule has 0 atom stereocenters. The number of fused-ring (bicyclic) bond motifs is 1. The van der Waals surface area contributed by atoms with Crippen molar-refractivity contribution in [2.75, 3.05) is 6.54 Å². The van der Waals surface area contributed by atoms with Gasteiger partial charge in [0.25, 0.3) is 0 Å². The molecule has 0 amide bonds. The monoisotopic (exact) mass is 294 g/mol. The molecule has 114 valence electrons. The van der Waals surface area contributed by atoms with Crippen LogP contribution >= 0.6 is 0 Å². The molecule has 22 heavy (non-hydrogen) atoms. The summed E-state index contributed by atoms with van der Waals surface area (Å²) in [6, 6.07) is 5.95. The van der Waals surface area contributed by atoms with E-state index in [0.29, 0.717) is 0 Å². The number of pyridine rings is 1. The van der Waals surface area contributed by atoms with Gasteiger partial charge in [-0.3, -0.25) is 9.99 Å². The van der Waals surface area contributed by atoms with E-state index in [4.69, 9.17) is 4.99 Å². The highest BCUT2D eigenvalue weighted by Gasteiger charge is 2.46. The first-order valence-corrected chi connectivity index (χ1v) is 8.03. The fraction of sp³-hybridized carbons (Fsp3) is 0.444. The van der Waals surface area contributed by atoms with Gasteiger partial charge in [-0.25, -0.2) is 10.0 Å². The van der Waals surface area contributed by atoms with E-state index in [1.54, 1.807) is 0 Å². The summed E-state index contributed by atoms with van der Waals surface area (Å²) in [7, 11) is 0. The fourth-order valence-corrected chi connectivity index (χ4v) is 3.48. The average molecular weight is 294 g/mol. The normalized spacial score (nSPS) is 22.1. The van der Waals surface area contributed by atoms with Crippen LogP contribution in [0.15, 0.2) is 53.1 Å². The second kappa shape index (κ2) is 4.78. The number of hydrazine groups is 1. The Balaban J connectivity index is 1.66. The van der Waals surface area contributed by atoms with Gasteiger partial charge in [-0.1, -0.05) is 6.07 Å². The molecule has 1 aromatic rings. The maximum absolute atomic E-state index is 4.83. The molecule has 0 radical (unpaired) electrons. The molecule has 4 rings (SSSR count). The van der Waals surface area contributed by atoms with Crippen LogP contribution in [0.4, 0.5) is 0 Å². The quantitative estimate of drug-likeness (QED) is 0.857. The van der Waals surface area contributed by atoms with Gasteiger partial charge in [0.2, 0.25) is 0 Å². The SMILES string of the molecule is CC1=CC(c2ccccn2)=NC2=CCN(C(C)(C)C3CC3)N12. The minimum absolute atomic E-state index is 0.186. The Bertz CT molecular complexity index is 680. The maximum Gasteiger partial charge on any atom is 0.145 e. The maximum atomic E-state index is 4.83. The molecule has 0 bridgehead atoms. The smallest absolute Gasteiger partial charge is 0.145 e. The molecule has 3 heterocycles. The number of nitrogens with zero attached hydrogens (tertiary/aromatic N) is 4. The fourth-order valence-electron chi connectivity index (χ4n) is 3.48. The Hall–Kier alpha value is -1.94. The van der Waals surface area contributed by atoms with Crippen LogP contribution in [-0.2, 0) is 0 Å². The van der Waals surface area contributed by atoms with Gasteiger partial charge < -0.3 is 0 Å². The van der Waals surface area contributed by atoms with Crippen LogP contribution in [0.2, 0.25) is 0 Å². The molecule has 0 aromatic carbocycles. The zero-order valence-corrected chi connectivity index (χ0v) is 13.5. The Morgan fingerprint density at radius 3 is 2.73 bits per heavy atom. The molecular weight excluding hydrogens is 272 g/mol. The topological polar surface area (TPSA) is 31.7 Å². The van der Waals surface area contributed by atoms with Crippen molar-refractivity contribution in [1.29, 1.82) is 0 Å². The van der Waals surface area contributed by atoms with E-state index in [1.807, 2.05) is 24.4 Å². The zero-order chi connectivity index (χ0) is 15.3. The van der Waals surface area contributed by atoms with Crippen LogP contribution in [0.25, 0.3) is 0 Å². The predicted molar refractivity (Wildman–Crippen MR) is 88.0 cm³/mol. The highest BCUT2D eigenvalue weighted by molar-refractivity contribution is 6.08. The van der Waals surface area contributed by atoms with Gasteiger partial charge in [0.05, 0.1) is 11.4 Å². The van der Waals surface area contributed by atoms with Crippen molar-refractivity contribution in [3.8, 4) is 0 Å². The lowest BCUT2D eigenvalue weighted by atomic mass is 9.98. The first kappa shape index (κ1) is 13.7. The Morgan fingerprint density at radius 1 is 1.23 bits per heavy atom. The molecule has 0 saturated heterocycles. The largest absolute Gasteiger partial charge is 0.261 e. The standard InChI is InChI=1S/C18H22N4/c1-13-12-16(15-6-4-5-10-19-15)20-17-9-11-21(22(13)17)18(2,3)14-7-8-14/h4-6,9-10,12,14H,7-8,11H2,1-3H3. The number of allylic oxidation sites excluding steroid dienone is 2. The minimum atomic E-state index is 0.186. The average Bonchev–Trinajstić information content (AvgIpc) is 3.28. The summed E-state index contributed by atoms with van der Waals surface area (Å²) in [4.78, 5) is 9.25. The van der Waals surface area contributed by atoms with Gasteiger partial charge in [0, 0.05) is 24.0 Å². The molecule has 1 saturated carbocycles. The molecule has 4 heteroatoms. The van der Waals surface area contributed by atoms with Gasteiger partial charge >= 0.3 is 0 Å².